The first-order chi connectivity index (χ1) is 10.2. The van der Waals surface area contributed by atoms with Crippen molar-refractivity contribution >= 4 is 22.6 Å². The zero-order valence-corrected chi connectivity index (χ0v) is 12.9. The predicted molar refractivity (Wildman–Crippen MR) is 82.6 cm³/mol. The fraction of sp³-hybridized carbons (Fsp3) is 0.500. The summed E-state index contributed by atoms with van der Waals surface area (Å²) in [4.78, 5) is 4.71. The first kappa shape index (κ1) is 14.4. The third kappa shape index (κ3) is 2.41. The van der Waals surface area contributed by atoms with Gasteiger partial charge in [-0.2, -0.15) is 5.26 Å². The highest BCUT2D eigenvalue weighted by Crippen LogP contribution is 2.34. The van der Waals surface area contributed by atoms with Gasteiger partial charge in [0.05, 0.1) is 11.1 Å². The second-order valence-electron chi connectivity index (χ2n) is 5.70. The summed E-state index contributed by atoms with van der Waals surface area (Å²) in [5, 5.41) is 9.29. The van der Waals surface area contributed by atoms with E-state index in [4.69, 9.17) is 21.3 Å². The molecular weight excluding hydrogens is 286 g/mol. The molecule has 0 spiro atoms. The highest BCUT2D eigenvalue weighted by atomic mass is 35.5. The van der Waals surface area contributed by atoms with Crippen molar-refractivity contribution in [2.45, 2.75) is 31.7 Å². The number of para-hydroxylation sites is 1. The Bertz CT molecular complexity index is 695. The Morgan fingerprint density at radius 3 is 2.86 bits per heavy atom. The molecule has 0 bridgehead atoms. The van der Waals surface area contributed by atoms with Crippen LogP contribution in [-0.4, -0.2) is 28.6 Å². The van der Waals surface area contributed by atoms with Gasteiger partial charge in [-0.15, -0.1) is 11.6 Å². The van der Waals surface area contributed by atoms with Crippen LogP contribution in [0.15, 0.2) is 18.2 Å². The first-order valence-electron chi connectivity index (χ1n) is 7.24. The van der Waals surface area contributed by atoms with E-state index in [1.807, 2.05) is 18.2 Å². The number of rotatable bonds is 3. The van der Waals surface area contributed by atoms with Gasteiger partial charge in [-0.3, -0.25) is 0 Å². The highest BCUT2D eigenvalue weighted by molar-refractivity contribution is 6.17. The Kier molecular flexibility index (Phi) is 3.88. The van der Waals surface area contributed by atoms with Gasteiger partial charge in [-0.05, 0) is 31.9 Å². The van der Waals surface area contributed by atoms with Gasteiger partial charge in [0.1, 0.15) is 17.4 Å². The molecule has 1 aromatic carbocycles. The van der Waals surface area contributed by atoms with Crippen molar-refractivity contribution in [3.8, 4) is 6.07 Å². The number of hydrogen-bond donors (Lipinski definition) is 0. The summed E-state index contributed by atoms with van der Waals surface area (Å²) in [6.07, 6.45) is 2.60. The lowest BCUT2D eigenvalue weighted by Gasteiger charge is -2.36. The molecule has 0 atom stereocenters. The smallest absolute Gasteiger partial charge is 0.111 e. The lowest BCUT2D eigenvalue weighted by Crippen LogP contribution is -2.37. The summed E-state index contributed by atoms with van der Waals surface area (Å²) in [5.41, 5.74) is 2.41. The molecule has 0 radical (unpaired) electrons. The van der Waals surface area contributed by atoms with E-state index in [-0.39, 0.29) is 5.54 Å². The number of ether oxygens (including phenoxy) is 1. The average Bonchev–Trinajstić information content (AvgIpc) is 2.87. The molecule has 110 valence electrons. The standard InChI is InChI=1S/C16H18ClN3O/c1-16(6-9-21-10-7-16)20-13-4-2-3-12(11-18)15(13)19-14(20)5-8-17/h2-4H,5-10H2,1H3. The molecule has 0 aliphatic carbocycles. The fourth-order valence-corrected chi connectivity index (χ4v) is 3.30. The van der Waals surface area contributed by atoms with E-state index in [9.17, 15) is 5.26 Å². The zero-order chi connectivity index (χ0) is 14.9. The van der Waals surface area contributed by atoms with Gasteiger partial charge in [0.25, 0.3) is 0 Å². The van der Waals surface area contributed by atoms with E-state index in [0.29, 0.717) is 17.9 Å². The van der Waals surface area contributed by atoms with Crippen LogP contribution < -0.4 is 0 Å². The van der Waals surface area contributed by atoms with Crippen LogP contribution in [-0.2, 0) is 16.7 Å². The molecule has 3 rings (SSSR count). The van der Waals surface area contributed by atoms with Crippen LogP contribution in [0.3, 0.4) is 0 Å². The van der Waals surface area contributed by atoms with E-state index in [0.717, 1.165) is 42.9 Å². The van der Waals surface area contributed by atoms with Gasteiger partial charge in [0, 0.05) is 31.1 Å². The molecule has 2 aromatic rings. The highest BCUT2D eigenvalue weighted by Gasteiger charge is 2.33. The van der Waals surface area contributed by atoms with Crippen LogP contribution in [0.4, 0.5) is 0 Å². The fourth-order valence-electron chi connectivity index (χ4n) is 3.13. The van der Waals surface area contributed by atoms with Crippen molar-refractivity contribution in [3.63, 3.8) is 0 Å². The Balaban J connectivity index is 2.24. The third-order valence-corrected chi connectivity index (χ3v) is 4.49. The lowest BCUT2D eigenvalue weighted by molar-refractivity contribution is 0.0301. The summed E-state index contributed by atoms with van der Waals surface area (Å²) in [6.45, 7) is 3.76. The number of hydrogen-bond acceptors (Lipinski definition) is 3. The molecule has 21 heavy (non-hydrogen) atoms. The summed E-state index contributed by atoms with van der Waals surface area (Å²) in [7, 11) is 0. The number of alkyl halides is 1. The van der Waals surface area contributed by atoms with Crippen molar-refractivity contribution in [3.05, 3.63) is 29.6 Å². The molecule has 1 aromatic heterocycles. The van der Waals surface area contributed by atoms with Gasteiger partial charge in [-0.1, -0.05) is 6.07 Å². The number of aryl methyl sites for hydroxylation is 1. The minimum absolute atomic E-state index is 0.0253. The normalized spacial score (nSPS) is 17.8. The van der Waals surface area contributed by atoms with E-state index < -0.39 is 0 Å². The molecule has 0 N–H and O–H groups in total. The Labute approximate surface area is 129 Å². The topological polar surface area (TPSA) is 50.8 Å². The zero-order valence-electron chi connectivity index (χ0n) is 12.1. The van der Waals surface area contributed by atoms with E-state index in [2.05, 4.69) is 17.6 Å². The monoisotopic (exact) mass is 303 g/mol. The SMILES string of the molecule is CC1(n2c(CCCl)nc3c(C#N)cccc32)CCOCC1. The Hall–Kier alpha value is -1.57. The lowest BCUT2D eigenvalue weighted by atomic mass is 9.91. The van der Waals surface area contributed by atoms with Gasteiger partial charge in [0.15, 0.2) is 0 Å². The number of fused-ring (bicyclic) bond motifs is 1. The molecule has 4 nitrogen and oxygen atoms in total. The maximum Gasteiger partial charge on any atom is 0.111 e. The van der Waals surface area contributed by atoms with Gasteiger partial charge in [0.2, 0.25) is 0 Å². The third-order valence-electron chi connectivity index (χ3n) is 4.30. The maximum atomic E-state index is 9.29. The summed E-state index contributed by atoms with van der Waals surface area (Å²) < 4.78 is 7.79. The average molecular weight is 304 g/mol. The molecule has 1 aliphatic heterocycles. The van der Waals surface area contributed by atoms with Crippen molar-refractivity contribution in [2.75, 3.05) is 19.1 Å². The number of nitriles is 1. The molecule has 0 unspecified atom stereocenters. The van der Waals surface area contributed by atoms with E-state index >= 15 is 0 Å². The summed E-state index contributed by atoms with van der Waals surface area (Å²) in [5.74, 6) is 1.49. The van der Waals surface area contributed by atoms with Crippen LogP contribution in [0.2, 0.25) is 0 Å². The van der Waals surface area contributed by atoms with Crippen LogP contribution in [0.1, 0.15) is 31.2 Å². The van der Waals surface area contributed by atoms with Crippen molar-refractivity contribution in [2.24, 2.45) is 0 Å². The summed E-state index contributed by atoms with van der Waals surface area (Å²) >= 11 is 5.95. The maximum absolute atomic E-state index is 9.29. The molecule has 5 heteroatoms. The molecule has 1 fully saturated rings. The number of imidazole rings is 1. The number of aromatic nitrogens is 2. The molecule has 2 heterocycles. The predicted octanol–water partition coefficient (Wildman–Crippen LogP) is 3.21. The molecule has 0 saturated carbocycles. The van der Waals surface area contributed by atoms with Crippen LogP contribution in [0.5, 0.6) is 0 Å². The minimum atomic E-state index is -0.0253. The van der Waals surface area contributed by atoms with Crippen molar-refractivity contribution in [1.82, 2.24) is 9.55 Å². The van der Waals surface area contributed by atoms with Crippen molar-refractivity contribution < 1.29 is 4.74 Å². The largest absolute Gasteiger partial charge is 0.381 e. The summed E-state index contributed by atoms with van der Waals surface area (Å²) in [6, 6.07) is 8.02. The van der Waals surface area contributed by atoms with E-state index in [1.54, 1.807) is 0 Å². The quantitative estimate of drug-likeness (QED) is 0.818. The number of nitrogens with zero attached hydrogens (tertiary/aromatic N) is 3. The van der Waals surface area contributed by atoms with E-state index in [1.165, 1.54) is 0 Å². The second kappa shape index (κ2) is 5.67. The van der Waals surface area contributed by atoms with Gasteiger partial charge in [-0.25, -0.2) is 4.98 Å². The van der Waals surface area contributed by atoms with Crippen molar-refractivity contribution in [1.29, 1.82) is 5.26 Å². The number of halogens is 1. The minimum Gasteiger partial charge on any atom is -0.381 e. The molecule has 1 saturated heterocycles. The number of benzene rings is 1. The van der Waals surface area contributed by atoms with Gasteiger partial charge < -0.3 is 9.30 Å². The Morgan fingerprint density at radius 2 is 2.19 bits per heavy atom. The molecule has 1 aliphatic rings. The van der Waals surface area contributed by atoms with Crippen LogP contribution in [0, 0.1) is 11.3 Å². The van der Waals surface area contributed by atoms with Crippen LogP contribution in [0.25, 0.3) is 11.0 Å². The Morgan fingerprint density at radius 1 is 1.43 bits per heavy atom. The second-order valence-corrected chi connectivity index (χ2v) is 6.07. The molecule has 0 amide bonds. The first-order valence-corrected chi connectivity index (χ1v) is 7.78. The van der Waals surface area contributed by atoms with Gasteiger partial charge >= 0.3 is 0 Å². The van der Waals surface area contributed by atoms with Crippen LogP contribution >= 0.6 is 11.6 Å². The molecular formula is C16H18ClN3O.